The van der Waals surface area contributed by atoms with E-state index in [1.165, 1.54) is 0 Å². The van der Waals surface area contributed by atoms with Crippen molar-refractivity contribution in [1.29, 1.82) is 0 Å². The molecule has 0 saturated heterocycles. The predicted molar refractivity (Wildman–Crippen MR) is 55.5 cm³/mol. The molecule has 4 heteroatoms. The Hall–Kier alpha value is -0.450. The molecule has 0 fully saturated rings. The first kappa shape index (κ1) is 13.5. The maximum absolute atomic E-state index is 10.5. The number of Topliss-reactive ketones (excluding diaryl/α,β-unsaturated/α-hetero) is 1. The largest absolute Gasteiger partial charge is 0.379 e. The summed E-state index contributed by atoms with van der Waals surface area (Å²) in [4.78, 5) is 10.5. The molecular formula is C10H21NO3. The van der Waals surface area contributed by atoms with Gasteiger partial charge in [0.05, 0.1) is 26.4 Å². The van der Waals surface area contributed by atoms with Crippen LogP contribution in [0.15, 0.2) is 0 Å². The van der Waals surface area contributed by atoms with E-state index in [1.54, 1.807) is 6.92 Å². The third-order valence-electron chi connectivity index (χ3n) is 1.64. The molecule has 0 atom stereocenters. The minimum absolute atomic E-state index is 0.165. The van der Waals surface area contributed by atoms with Crippen molar-refractivity contribution in [1.82, 2.24) is 5.32 Å². The van der Waals surface area contributed by atoms with Gasteiger partial charge in [0.15, 0.2) is 0 Å². The topological polar surface area (TPSA) is 47.6 Å². The van der Waals surface area contributed by atoms with Gasteiger partial charge in [-0.05, 0) is 13.5 Å². The van der Waals surface area contributed by atoms with Crippen molar-refractivity contribution in [2.45, 2.75) is 20.3 Å². The molecule has 0 heterocycles. The normalized spacial score (nSPS) is 10.4. The summed E-state index contributed by atoms with van der Waals surface area (Å²) in [5, 5.41) is 3.15. The molecule has 0 unspecified atom stereocenters. The average molecular weight is 203 g/mol. The Kier molecular flexibility index (Phi) is 10.3. The van der Waals surface area contributed by atoms with Crippen LogP contribution in [0.4, 0.5) is 0 Å². The molecule has 0 amide bonds. The van der Waals surface area contributed by atoms with Crippen molar-refractivity contribution >= 4 is 5.78 Å². The van der Waals surface area contributed by atoms with Crippen LogP contribution in [0.5, 0.6) is 0 Å². The van der Waals surface area contributed by atoms with Crippen LogP contribution >= 0.6 is 0 Å². The molecule has 0 spiro atoms. The molecule has 0 aromatic heterocycles. The van der Waals surface area contributed by atoms with Crippen LogP contribution in [-0.4, -0.2) is 45.3 Å². The van der Waals surface area contributed by atoms with E-state index < -0.39 is 0 Å². The highest BCUT2D eigenvalue weighted by molar-refractivity contribution is 5.75. The van der Waals surface area contributed by atoms with E-state index in [2.05, 4.69) is 12.2 Å². The minimum atomic E-state index is 0.165. The summed E-state index contributed by atoms with van der Waals surface area (Å²) in [6.07, 6.45) is 0.497. The van der Waals surface area contributed by atoms with Gasteiger partial charge in [0.25, 0.3) is 0 Å². The third kappa shape index (κ3) is 11.6. The van der Waals surface area contributed by atoms with Crippen molar-refractivity contribution in [3.05, 3.63) is 0 Å². The molecule has 0 rings (SSSR count). The fourth-order valence-corrected chi connectivity index (χ4v) is 0.859. The second-order valence-electron chi connectivity index (χ2n) is 3.03. The Morgan fingerprint density at radius 2 is 1.79 bits per heavy atom. The van der Waals surface area contributed by atoms with Gasteiger partial charge in [0.1, 0.15) is 5.78 Å². The number of likely N-dealkylation sites (N-methyl/N-ethyl adjacent to an activating group) is 1. The highest BCUT2D eigenvalue weighted by Gasteiger charge is 1.93. The second-order valence-corrected chi connectivity index (χ2v) is 3.03. The summed E-state index contributed by atoms with van der Waals surface area (Å²) in [6, 6.07) is 0. The van der Waals surface area contributed by atoms with E-state index in [-0.39, 0.29) is 5.78 Å². The number of ether oxygens (including phenoxy) is 2. The second kappa shape index (κ2) is 10.6. The average Bonchev–Trinajstić information content (AvgIpc) is 2.15. The van der Waals surface area contributed by atoms with Gasteiger partial charge in [-0.2, -0.15) is 0 Å². The molecule has 0 saturated carbocycles. The van der Waals surface area contributed by atoms with Gasteiger partial charge in [-0.1, -0.05) is 6.92 Å². The third-order valence-corrected chi connectivity index (χ3v) is 1.64. The first-order chi connectivity index (χ1) is 6.77. The van der Waals surface area contributed by atoms with Crippen LogP contribution < -0.4 is 5.32 Å². The Bertz CT molecular complexity index is 139. The van der Waals surface area contributed by atoms with Crippen LogP contribution in [0.1, 0.15) is 20.3 Å². The van der Waals surface area contributed by atoms with Gasteiger partial charge < -0.3 is 14.8 Å². The van der Waals surface area contributed by atoms with Crippen LogP contribution in [0.25, 0.3) is 0 Å². The minimum Gasteiger partial charge on any atom is -0.379 e. The SMILES string of the molecule is CCNCCOCCOCCC(C)=O. The van der Waals surface area contributed by atoms with Crippen LogP contribution in [0, 0.1) is 0 Å². The van der Waals surface area contributed by atoms with E-state index in [4.69, 9.17) is 9.47 Å². The van der Waals surface area contributed by atoms with E-state index in [0.29, 0.717) is 32.8 Å². The zero-order valence-corrected chi connectivity index (χ0v) is 9.17. The Labute approximate surface area is 86.0 Å². The molecule has 14 heavy (non-hydrogen) atoms. The molecule has 0 aliphatic carbocycles. The van der Waals surface area contributed by atoms with E-state index >= 15 is 0 Å². The molecule has 0 radical (unpaired) electrons. The summed E-state index contributed by atoms with van der Waals surface area (Å²) in [7, 11) is 0. The highest BCUT2D eigenvalue weighted by Crippen LogP contribution is 1.84. The maximum atomic E-state index is 10.5. The number of hydrogen-bond acceptors (Lipinski definition) is 4. The van der Waals surface area contributed by atoms with Crippen molar-refractivity contribution in [3.8, 4) is 0 Å². The van der Waals surface area contributed by atoms with E-state index in [9.17, 15) is 4.79 Å². The van der Waals surface area contributed by atoms with Gasteiger partial charge >= 0.3 is 0 Å². The lowest BCUT2D eigenvalue weighted by Crippen LogP contribution is -2.20. The number of rotatable bonds is 10. The fourth-order valence-electron chi connectivity index (χ4n) is 0.859. The molecule has 4 nitrogen and oxygen atoms in total. The van der Waals surface area contributed by atoms with Gasteiger partial charge in [0.2, 0.25) is 0 Å². The summed E-state index contributed by atoms with van der Waals surface area (Å²) >= 11 is 0. The fraction of sp³-hybridized carbons (Fsp3) is 0.900. The Morgan fingerprint density at radius 1 is 1.14 bits per heavy atom. The standard InChI is InChI=1S/C10H21NO3/c1-3-11-5-7-14-9-8-13-6-4-10(2)12/h11H,3-9H2,1-2H3. The summed E-state index contributed by atoms with van der Waals surface area (Å²) in [5.41, 5.74) is 0. The first-order valence-corrected chi connectivity index (χ1v) is 5.13. The molecule has 0 bridgehead atoms. The lowest BCUT2D eigenvalue weighted by atomic mass is 10.3. The lowest BCUT2D eigenvalue weighted by Gasteiger charge is -2.05. The lowest BCUT2D eigenvalue weighted by molar-refractivity contribution is -0.118. The molecular weight excluding hydrogens is 182 g/mol. The molecule has 0 aliphatic heterocycles. The Balaban J connectivity index is 2.88. The summed E-state index contributed by atoms with van der Waals surface area (Å²) in [5.74, 6) is 0.165. The smallest absolute Gasteiger partial charge is 0.132 e. The van der Waals surface area contributed by atoms with E-state index in [1.807, 2.05) is 0 Å². The molecule has 0 aromatic rings. The van der Waals surface area contributed by atoms with Crippen LogP contribution in [0.2, 0.25) is 0 Å². The van der Waals surface area contributed by atoms with Crippen LogP contribution in [0.3, 0.4) is 0 Å². The quantitative estimate of drug-likeness (QED) is 0.528. The van der Waals surface area contributed by atoms with Crippen LogP contribution in [-0.2, 0) is 14.3 Å². The van der Waals surface area contributed by atoms with E-state index in [0.717, 1.165) is 13.1 Å². The summed E-state index contributed by atoms with van der Waals surface area (Å²) in [6.45, 7) is 7.86. The summed E-state index contributed by atoms with van der Waals surface area (Å²) < 4.78 is 10.5. The van der Waals surface area contributed by atoms with Gasteiger partial charge in [-0.25, -0.2) is 0 Å². The molecule has 1 N–H and O–H groups in total. The zero-order valence-electron chi connectivity index (χ0n) is 9.17. The number of ketones is 1. The number of nitrogens with one attached hydrogen (secondary N) is 1. The van der Waals surface area contributed by atoms with Crippen molar-refractivity contribution in [2.75, 3.05) is 39.5 Å². The van der Waals surface area contributed by atoms with Crippen molar-refractivity contribution < 1.29 is 14.3 Å². The number of carbonyl (C=O) groups excluding carboxylic acids is 1. The Morgan fingerprint density at radius 3 is 2.36 bits per heavy atom. The molecule has 84 valence electrons. The predicted octanol–water partition coefficient (Wildman–Crippen LogP) is 0.608. The maximum Gasteiger partial charge on any atom is 0.132 e. The molecule has 0 aliphatic rings. The zero-order chi connectivity index (χ0) is 10.6. The van der Waals surface area contributed by atoms with Gasteiger partial charge in [-0.15, -0.1) is 0 Å². The monoisotopic (exact) mass is 203 g/mol. The highest BCUT2D eigenvalue weighted by atomic mass is 16.5. The van der Waals surface area contributed by atoms with Gasteiger partial charge in [-0.3, -0.25) is 4.79 Å². The number of hydrogen-bond donors (Lipinski definition) is 1. The van der Waals surface area contributed by atoms with Crippen molar-refractivity contribution in [2.24, 2.45) is 0 Å². The first-order valence-electron chi connectivity index (χ1n) is 5.13. The van der Waals surface area contributed by atoms with Gasteiger partial charge in [0, 0.05) is 13.0 Å². The number of carbonyl (C=O) groups is 1. The van der Waals surface area contributed by atoms with Crippen molar-refractivity contribution in [3.63, 3.8) is 0 Å². The molecule has 0 aromatic carbocycles.